The van der Waals surface area contributed by atoms with E-state index in [1.165, 1.54) is 11.1 Å². The maximum atomic E-state index is 11.5. The number of anilines is 2. The Bertz CT molecular complexity index is 761. The molecular formula is C18H20N4O. The summed E-state index contributed by atoms with van der Waals surface area (Å²) in [6.45, 7) is 3.29. The van der Waals surface area contributed by atoms with E-state index < -0.39 is 0 Å². The molecule has 1 fully saturated rings. The van der Waals surface area contributed by atoms with Gasteiger partial charge in [0.25, 0.3) is 0 Å². The van der Waals surface area contributed by atoms with Crippen LogP contribution in [0.3, 0.4) is 0 Å². The van der Waals surface area contributed by atoms with E-state index >= 15 is 0 Å². The molecule has 5 nitrogen and oxygen atoms in total. The molecule has 0 atom stereocenters. The van der Waals surface area contributed by atoms with Crippen LogP contribution in [-0.2, 0) is 4.79 Å². The van der Waals surface area contributed by atoms with Gasteiger partial charge in [-0.1, -0.05) is 18.2 Å². The van der Waals surface area contributed by atoms with Gasteiger partial charge in [0, 0.05) is 61.3 Å². The summed E-state index contributed by atoms with van der Waals surface area (Å²) in [5.41, 5.74) is 2.29. The molecule has 1 aromatic carbocycles. The number of nitrogens with zero attached hydrogens (tertiary/aromatic N) is 3. The Morgan fingerprint density at radius 2 is 1.91 bits per heavy atom. The molecule has 2 aliphatic rings. The fourth-order valence-electron chi connectivity index (χ4n) is 3.33. The largest absolute Gasteiger partial charge is 0.370 e. The number of hydrogen-bond donors (Lipinski definition) is 1. The van der Waals surface area contributed by atoms with Crippen molar-refractivity contribution in [2.45, 2.75) is 12.8 Å². The summed E-state index contributed by atoms with van der Waals surface area (Å²) in [5.74, 6) is 0.366. The van der Waals surface area contributed by atoms with Gasteiger partial charge in [0.05, 0.1) is 18.6 Å². The smallest absolute Gasteiger partial charge is 0.136 e. The molecule has 4 rings (SSSR count). The molecule has 2 aromatic rings. The summed E-state index contributed by atoms with van der Waals surface area (Å²) in [5, 5.41) is 5.69. The lowest BCUT2D eigenvalue weighted by Gasteiger charge is -2.30. The molecule has 0 amide bonds. The number of ketones is 1. The van der Waals surface area contributed by atoms with Gasteiger partial charge in [0.1, 0.15) is 5.78 Å². The van der Waals surface area contributed by atoms with Crippen LogP contribution in [0.5, 0.6) is 0 Å². The van der Waals surface area contributed by atoms with Gasteiger partial charge < -0.3 is 9.80 Å². The quantitative estimate of drug-likeness (QED) is 0.922. The molecule has 1 saturated heterocycles. The van der Waals surface area contributed by atoms with Gasteiger partial charge in [-0.05, 0) is 6.07 Å². The van der Waals surface area contributed by atoms with E-state index in [-0.39, 0.29) is 0 Å². The molecule has 0 unspecified atom stereocenters. The third-order valence-corrected chi connectivity index (χ3v) is 4.56. The van der Waals surface area contributed by atoms with Crippen molar-refractivity contribution in [1.82, 2.24) is 10.3 Å². The van der Waals surface area contributed by atoms with Crippen molar-refractivity contribution in [1.29, 1.82) is 0 Å². The molecule has 1 N–H and O–H groups in total. The standard InChI is InChI=1S/C18H20N4O/c23-14-5-9-21(10-6-14)17-4-1-3-15-16(17)11-20-12-18(15)22-8-2-7-19-13-22/h1-4,8,11-12,19H,5-7,9-10,13H2. The number of hydrogen-bond acceptors (Lipinski definition) is 5. The number of carbonyl (C=O) groups is 1. The van der Waals surface area contributed by atoms with E-state index in [4.69, 9.17) is 0 Å². The predicted molar refractivity (Wildman–Crippen MR) is 92.7 cm³/mol. The fourth-order valence-corrected chi connectivity index (χ4v) is 3.33. The Kier molecular flexibility index (Phi) is 3.71. The average molecular weight is 308 g/mol. The molecule has 0 aliphatic carbocycles. The third-order valence-electron chi connectivity index (χ3n) is 4.56. The normalized spacial score (nSPS) is 18.7. The van der Waals surface area contributed by atoms with Gasteiger partial charge in [-0.15, -0.1) is 0 Å². The highest BCUT2D eigenvalue weighted by Gasteiger charge is 2.19. The van der Waals surface area contributed by atoms with Gasteiger partial charge in [0.15, 0.2) is 0 Å². The lowest BCUT2D eigenvalue weighted by atomic mass is 10.0. The van der Waals surface area contributed by atoms with E-state index in [2.05, 4.69) is 50.6 Å². The van der Waals surface area contributed by atoms with E-state index in [0.717, 1.165) is 37.4 Å². The van der Waals surface area contributed by atoms with Crippen molar-refractivity contribution in [2.75, 3.05) is 36.1 Å². The molecule has 0 radical (unpaired) electrons. The second-order valence-corrected chi connectivity index (χ2v) is 6.02. The summed E-state index contributed by atoms with van der Waals surface area (Å²) in [4.78, 5) is 20.5. The number of benzene rings is 1. The van der Waals surface area contributed by atoms with Gasteiger partial charge in [-0.3, -0.25) is 15.1 Å². The molecule has 0 bridgehead atoms. The van der Waals surface area contributed by atoms with Crippen LogP contribution in [0.25, 0.3) is 10.8 Å². The fraction of sp³-hybridized carbons (Fsp3) is 0.333. The number of piperidine rings is 1. The summed E-state index contributed by atoms with van der Waals surface area (Å²) in [6, 6.07) is 6.37. The van der Waals surface area contributed by atoms with Crippen LogP contribution >= 0.6 is 0 Å². The number of fused-ring (bicyclic) bond motifs is 1. The van der Waals surface area contributed by atoms with Crippen molar-refractivity contribution in [3.8, 4) is 0 Å². The van der Waals surface area contributed by atoms with E-state index in [9.17, 15) is 4.79 Å². The zero-order valence-electron chi connectivity index (χ0n) is 13.0. The van der Waals surface area contributed by atoms with Crippen LogP contribution in [0.2, 0.25) is 0 Å². The lowest BCUT2D eigenvalue weighted by Crippen LogP contribution is -2.34. The van der Waals surface area contributed by atoms with Crippen LogP contribution in [-0.4, -0.2) is 37.1 Å². The minimum absolute atomic E-state index is 0.366. The number of aromatic nitrogens is 1. The molecule has 118 valence electrons. The maximum absolute atomic E-state index is 11.5. The predicted octanol–water partition coefficient (Wildman–Crippen LogP) is 2.28. The zero-order chi connectivity index (χ0) is 15.6. The Balaban J connectivity index is 1.77. The summed E-state index contributed by atoms with van der Waals surface area (Å²) in [6.07, 6.45) is 9.36. The van der Waals surface area contributed by atoms with Crippen molar-refractivity contribution in [3.05, 3.63) is 42.9 Å². The monoisotopic (exact) mass is 308 g/mol. The van der Waals surface area contributed by atoms with Crippen LogP contribution in [0.1, 0.15) is 12.8 Å². The first-order valence-electron chi connectivity index (χ1n) is 8.10. The first-order valence-corrected chi connectivity index (χ1v) is 8.10. The molecule has 2 aliphatic heterocycles. The van der Waals surface area contributed by atoms with Crippen LogP contribution < -0.4 is 15.1 Å². The van der Waals surface area contributed by atoms with Gasteiger partial charge in [0.2, 0.25) is 0 Å². The molecule has 3 heterocycles. The number of pyridine rings is 1. The summed E-state index contributed by atoms with van der Waals surface area (Å²) in [7, 11) is 0. The Hall–Kier alpha value is -2.40. The third kappa shape index (κ3) is 2.68. The number of Topliss-reactive ketones (excluding diaryl/α,β-unsaturated/α-hetero) is 1. The first-order chi connectivity index (χ1) is 11.3. The first kappa shape index (κ1) is 14.2. The maximum Gasteiger partial charge on any atom is 0.136 e. The van der Waals surface area contributed by atoms with Crippen LogP contribution in [0.15, 0.2) is 42.9 Å². The number of nitrogens with one attached hydrogen (secondary N) is 1. The van der Waals surface area contributed by atoms with E-state index in [0.29, 0.717) is 18.6 Å². The number of carbonyl (C=O) groups excluding carboxylic acids is 1. The minimum Gasteiger partial charge on any atom is -0.370 e. The zero-order valence-corrected chi connectivity index (χ0v) is 13.0. The van der Waals surface area contributed by atoms with E-state index in [1.54, 1.807) is 0 Å². The topological polar surface area (TPSA) is 48.5 Å². The number of rotatable bonds is 2. The minimum atomic E-state index is 0.366. The lowest BCUT2D eigenvalue weighted by molar-refractivity contribution is -0.119. The van der Waals surface area contributed by atoms with Gasteiger partial charge in [-0.25, -0.2) is 0 Å². The summed E-state index contributed by atoms with van der Waals surface area (Å²) >= 11 is 0. The Labute approximate surface area is 135 Å². The highest BCUT2D eigenvalue weighted by molar-refractivity contribution is 6.01. The van der Waals surface area contributed by atoms with Crippen molar-refractivity contribution >= 4 is 27.9 Å². The van der Waals surface area contributed by atoms with Crippen molar-refractivity contribution in [2.24, 2.45) is 0 Å². The van der Waals surface area contributed by atoms with Crippen LogP contribution in [0.4, 0.5) is 11.4 Å². The molecule has 0 saturated carbocycles. The molecule has 1 aromatic heterocycles. The van der Waals surface area contributed by atoms with Crippen molar-refractivity contribution < 1.29 is 4.79 Å². The van der Waals surface area contributed by atoms with Gasteiger partial charge >= 0.3 is 0 Å². The average Bonchev–Trinajstić information content (AvgIpc) is 2.62. The van der Waals surface area contributed by atoms with Crippen LogP contribution in [0, 0.1) is 0 Å². The molecule has 0 spiro atoms. The highest BCUT2D eigenvalue weighted by Crippen LogP contribution is 2.33. The van der Waals surface area contributed by atoms with Gasteiger partial charge in [-0.2, -0.15) is 0 Å². The molecule has 23 heavy (non-hydrogen) atoms. The van der Waals surface area contributed by atoms with E-state index in [1.807, 2.05) is 12.4 Å². The van der Waals surface area contributed by atoms with Crippen molar-refractivity contribution in [3.63, 3.8) is 0 Å². The second-order valence-electron chi connectivity index (χ2n) is 6.02. The Morgan fingerprint density at radius 1 is 1.04 bits per heavy atom. The SMILES string of the molecule is O=C1CCN(c2cccc3c(N4C=CCNC4)cncc23)CC1. The summed E-state index contributed by atoms with van der Waals surface area (Å²) < 4.78 is 0. The molecular weight excluding hydrogens is 288 g/mol. The highest BCUT2D eigenvalue weighted by atomic mass is 16.1. The second kappa shape index (κ2) is 6.01. The Morgan fingerprint density at radius 3 is 2.70 bits per heavy atom. The molecule has 5 heteroatoms.